The van der Waals surface area contributed by atoms with E-state index in [0.29, 0.717) is 22.5 Å². The van der Waals surface area contributed by atoms with Gasteiger partial charge in [-0.05, 0) is 69.7 Å². The van der Waals surface area contributed by atoms with E-state index in [4.69, 9.17) is 31.8 Å². The highest BCUT2D eigenvalue weighted by Gasteiger charge is 2.24. The van der Waals surface area contributed by atoms with Crippen LogP contribution in [0, 0.1) is 11.3 Å². The lowest BCUT2D eigenvalue weighted by Gasteiger charge is -2.19. The number of nitriles is 1. The molecule has 0 aliphatic heterocycles. The molecule has 138 valence electrons. The summed E-state index contributed by atoms with van der Waals surface area (Å²) in [5.41, 5.74) is 1.94. The van der Waals surface area contributed by atoms with Crippen LogP contribution in [0.5, 0.6) is 11.5 Å². The topological polar surface area (TPSA) is 60.7 Å². The molecule has 0 unspecified atom stereocenters. The molecule has 2 rings (SSSR count). The van der Waals surface area contributed by atoms with Gasteiger partial charge in [0, 0.05) is 12.2 Å². The van der Waals surface area contributed by atoms with Crippen molar-refractivity contribution in [1.29, 1.82) is 5.26 Å². The van der Waals surface area contributed by atoms with E-state index in [1.54, 1.807) is 36.4 Å². The van der Waals surface area contributed by atoms with Crippen molar-refractivity contribution in [3.8, 4) is 17.6 Å². The van der Waals surface area contributed by atoms with E-state index in [1.165, 1.54) is 0 Å². The second-order valence-corrected chi connectivity index (χ2v) is 6.57. The third-order valence-corrected chi connectivity index (χ3v) is 3.48. The third-order valence-electron chi connectivity index (χ3n) is 3.48. The average molecular weight is 363 g/mol. The van der Waals surface area contributed by atoms with Gasteiger partial charge in [-0.15, -0.1) is 0 Å². The molecule has 0 saturated heterocycles. The maximum absolute atomic E-state index is 8.86. The van der Waals surface area contributed by atoms with Gasteiger partial charge in [0.2, 0.25) is 0 Å². The minimum Gasteiger partial charge on any atom is -0.457 e. The standard InChI is InChI=1S/C20H23B2NO4/c1-14(2)26-22(27-15(3)4)24-13-17-11-19(9-10-20(17)21)25-18-7-5-16(12-23)6-8-18/h5-11,14-15H,13H2,1-4H3. The van der Waals surface area contributed by atoms with Crippen LogP contribution in [-0.2, 0) is 20.6 Å². The maximum atomic E-state index is 8.86. The van der Waals surface area contributed by atoms with Gasteiger partial charge in [-0.2, -0.15) is 5.26 Å². The predicted molar refractivity (Wildman–Crippen MR) is 106 cm³/mol. The van der Waals surface area contributed by atoms with Crippen LogP contribution in [0.25, 0.3) is 0 Å². The van der Waals surface area contributed by atoms with Crippen LogP contribution < -0.4 is 10.2 Å². The van der Waals surface area contributed by atoms with E-state index >= 15 is 0 Å². The summed E-state index contributed by atoms with van der Waals surface area (Å²) in [6, 6.07) is 14.3. The summed E-state index contributed by atoms with van der Waals surface area (Å²) >= 11 is 0. The quantitative estimate of drug-likeness (QED) is 0.639. The summed E-state index contributed by atoms with van der Waals surface area (Å²) in [7, 11) is 5.29. The number of hydrogen-bond donors (Lipinski definition) is 0. The Morgan fingerprint density at radius 3 is 2.11 bits per heavy atom. The van der Waals surface area contributed by atoms with E-state index < -0.39 is 7.32 Å². The Kier molecular flexibility index (Phi) is 7.93. The van der Waals surface area contributed by atoms with E-state index in [0.717, 1.165) is 5.56 Å². The van der Waals surface area contributed by atoms with Crippen LogP contribution >= 0.6 is 0 Å². The fraction of sp³-hybridized carbons (Fsp3) is 0.350. The highest BCUT2D eigenvalue weighted by Crippen LogP contribution is 2.22. The summed E-state index contributed by atoms with van der Waals surface area (Å²) in [6.45, 7) is 7.89. The SMILES string of the molecule is [B]c1ccc(Oc2ccc(C#N)cc2)cc1COB(OC(C)C)OC(C)C. The molecule has 0 amide bonds. The minimum absolute atomic E-state index is 0.0304. The summed E-state index contributed by atoms with van der Waals surface area (Å²) in [4.78, 5) is 0. The molecule has 0 N–H and O–H groups in total. The second kappa shape index (κ2) is 10.2. The first-order chi connectivity index (χ1) is 12.9. The maximum Gasteiger partial charge on any atom is 0.640 e. The van der Waals surface area contributed by atoms with Gasteiger partial charge in [0.15, 0.2) is 0 Å². The summed E-state index contributed by atoms with van der Waals surface area (Å²) in [6.07, 6.45) is -0.0608. The Bertz CT molecular complexity index is 763. The molecule has 0 aromatic heterocycles. The highest BCUT2D eigenvalue weighted by molar-refractivity contribution is 6.36. The average Bonchev–Trinajstić information content (AvgIpc) is 2.61. The van der Waals surface area contributed by atoms with Crippen molar-refractivity contribution in [2.24, 2.45) is 0 Å². The van der Waals surface area contributed by atoms with E-state index in [2.05, 4.69) is 6.07 Å². The molecule has 7 heteroatoms. The minimum atomic E-state index is -0.771. The highest BCUT2D eigenvalue weighted by atomic mass is 16.7. The molecule has 0 fully saturated rings. The molecule has 0 aliphatic carbocycles. The van der Waals surface area contributed by atoms with Gasteiger partial charge in [-0.1, -0.05) is 11.5 Å². The lowest BCUT2D eigenvalue weighted by atomic mass is 9.90. The van der Waals surface area contributed by atoms with Crippen LogP contribution in [0.4, 0.5) is 0 Å². The van der Waals surface area contributed by atoms with Gasteiger partial charge in [-0.3, -0.25) is 0 Å². The fourth-order valence-electron chi connectivity index (χ4n) is 2.22. The van der Waals surface area contributed by atoms with Crippen molar-refractivity contribution in [2.45, 2.75) is 46.5 Å². The Labute approximate surface area is 162 Å². The molecule has 5 nitrogen and oxygen atoms in total. The van der Waals surface area contributed by atoms with Gasteiger partial charge >= 0.3 is 7.32 Å². The number of ether oxygens (including phenoxy) is 1. The zero-order chi connectivity index (χ0) is 19.8. The molecule has 27 heavy (non-hydrogen) atoms. The Morgan fingerprint density at radius 1 is 0.963 bits per heavy atom. The number of benzene rings is 2. The zero-order valence-corrected chi connectivity index (χ0v) is 16.1. The van der Waals surface area contributed by atoms with Gasteiger partial charge in [0.05, 0.1) is 18.2 Å². The zero-order valence-electron chi connectivity index (χ0n) is 16.1. The Hall–Kier alpha value is -2.26. The molecule has 2 radical (unpaired) electrons. The van der Waals surface area contributed by atoms with Gasteiger partial charge in [0.25, 0.3) is 0 Å². The van der Waals surface area contributed by atoms with Crippen molar-refractivity contribution < 1.29 is 18.7 Å². The normalized spacial score (nSPS) is 10.9. The molecule has 0 heterocycles. The largest absolute Gasteiger partial charge is 0.640 e. The number of hydrogen-bond acceptors (Lipinski definition) is 5. The lowest BCUT2D eigenvalue weighted by molar-refractivity contribution is 0.0461. The van der Waals surface area contributed by atoms with Crippen LogP contribution in [0.15, 0.2) is 42.5 Å². The molecular formula is C20H23B2NO4. The molecule has 0 atom stereocenters. The van der Waals surface area contributed by atoms with Crippen LogP contribution in [0.3, 0.4) is 0 Å². The molecule has 2 aromatic carbocycles. The summed E-state index contributed by atoms with van der Waals surface area (Å²) < 4.78 is 22.8. The van der Waals surface area contributed by atoms with Crippen molar-refractivity contribution in [3.05, 3.63) is 53.6 Å². The third kappa shape index (κ3) is 7.10. The van der Waals surface area contributed by atoms with E-state index in [-0.39, 0.29) is 18.8 Å². The number of rotatable bonds is 9. The van der Waals surface area contributed by atoms with Gasteiger partial charge in [-0.25, -0.2) is 0 Å². The molecule has 2 aromatic rings. The second-order valence-electron chi connectivity index (χ2n) is 6.57. The Morgan fingerprint density at radius 2 is 1.56 bits per heavy atom. The van der Waals surface area contributed by atoms with Gasteiger partial charge in [0.1, 0.15) is 19.3 Å². The molecule has 0 aliphatic rings. The fourth-order valence-corrected chi connectivity index (χ4v) is 2.22. The van der Waals surface area contributed by atoms with Gasteiger partial charge < -0.3 is 18.7 Å². The predicted octanol–water partition coefficient (Wildman–Crippen LogP) is 3.50. The lowest BCUT2D eigenvalue weighted by Crippen LogP contribution is -2.33. The first kappa shape index (κ1) is 21.0. The van der Waals surface area contributed by atoms with Crippen molar-refractivity contribution in [1.82, 2.24) is 0 Å². The first-order valence-corrected chi connectivity index (χ1v) is 8.86. The van der Waals surface area contributed by atoms with Crippen LogP contribution in [-0.4, -0.2) is 27.4 Å². The monoisotopic (exact) mass is 363 g/mol. The van der Waals surface area contributed by atoms with Crippen LogP contribution in [0.1, 0.15) is 38.8 Å². The Balaban J connectivity index is 2.05. The summed E-state index contributed by atoms with van der Waals surface area (Å²) in [5.74, 6) is 1.26. The van der Waals surface area contributed by atoms with Crippen molar-refractivity contribution in [2.75, 3.05) is 0 Å². The smallest absolute Gasteiger partial charge is 0.457 e. The summed E-state index contributed by atoms with van der Waals surface area (Å²) in [5, 5.41) is 8.86. The first-order valence-electron chi connectivity index (χ1n) is 8.86. The molecule has 0 bridgehead atoms. The van der Waals surface area contributed by atoms with E-state index in [1.807, 2.05) is 33.8 Å². The van der Waals surface area contributed by atoms with Crippen molar-refractivity contribution >= 4 is 20.6 Å². The van der Waals surface area contributed by atoms with E-state index in [9.17, 15) is 0 Å². The molecule has 0 spiro atoms. The molecule has 0 saturated carbocycles. The molecular weight excluding hydrogens is 340 g/mol. The van der Waals surface area contributed by atoms with Crippen LogP contribution in [0.2, 0.25) is 0 Å². The number of nitrogens with zero attached hydrogens (tertiary/aromatic N) is 1. The van der Waals surface area contributed by atoms with Crippen molar-refractivity contribution in [3.63, 3.8) is 0 Å².